The van der Waals surface area contributed by atoms with E-state index in [9.17, 15) is 18.4 Å². The number of halogens is 2. The van der Waals surface area contributed by atoms with Gasteiger partial charge in [-0.1, -0.05) is 0 Å². The van der Waals surface area contributed by atoms with Gasteiger partial charge in [0.2, 0.25) is 11.8 Å². The number of benzene rings is 2. The van der Waals surface area contributed by atoms with Gasteiger partial charge >= 0.3 is 0 Å². The first-order valence-electron chi connectivity index (χ1n) is 11.9. The van der Waals surface area contributed by atoms with Crippen molar-refractivity contribution >= 4 is 22.8 Å². The molecule has 2 heterocycles. The highest BCUT2D eigenvalue weighted by molar-refractivity contribution is 5.96. The number of amides is 2. The Morgan fingerprint density at radius 1 is 1.11 bits per heavy atom. The number of fused-ring (bicyclic) bond motifs is 1. The second kappa shape index (κ2) is 9.66. The van der Waals surface area contributed by atoms with Crippen LogP contribution in [0.15, 0.2) is 36.7 Å². The summed E-state index contributed by atoms with van der Waals surface area (Å²) in [7, 11) is 0. The van der Waals surface area contributed by atoms with Gasteiger partial charge in [-0.15, -0.1) is 0 Å². The molecule has 10 heteroatoms. The minimum atomic E-state index is -0.702. The summed E-state index contributed by atoms with van der Waals surface area (Å²) in [6.07, 6.45) is 4.99. The SMILES string of the molecule is N#Cc1cc(F)cc([C@@H]2CCON2C(=O)C2CCC(Cn3cnc4c(F)cc(C(N)=O)cc43)CC2)c1. The molecule has 1 atom stereocenters. The summed E-state index contributed by atoms with van der Waals surface area (Å²) in [5, 5.41) is 10.5. The number of nitrogens with two attached hydrogens (primary N) is 1. The average Bonchev–Trinajstić information content (AvgIpc) is 3.51. The van der Waals surface area contributed by atoms with Gasteiger partial charge in [0.25, 0.3) is 0 Å². The van der Waals surface area contributed by atoms with Crippen LogP contribution < -0.4 is 5.73 Å². The van der Waals surface area contributed by atoms with Crippen LogP contribution in [0, 0.1) is 34.8 Å². The number of nitriles is 1. The largest absolute Gasteiger partial charge is 0.366 e. The molecule has 1 aliphatic heterocycles. The maximum atomic E-state index is 14.3. The van der Waals surface area contributed by atoms with Gasteiger partial charge in [0.1, 0.15) is 11.3 Å². The lowest BCUT2D eigenvalue weighted by Crippen LogP contribution is -2.37. The van der Waals surface area contributed by atoms with E-state index in [4.69, 9.17) is 15.8 Å². The van der Waals surface area contributed by atoms with E-state index in [2.05, 4.69) is 4.98 Å². The first-order valence-corrected chi connectivity index (χ1v) is 11.9. The Labute approximate surface area is 206 Å². The van der Waals surface area contributed by atoms with Crippen molar-refractivity contribution in [1.82, 2.24) is 14.6 Å². The Morgan fingerprint density at radius 3 is 2.61 bits per heavy atom. The van der Waals surface area contributed by atoms with Crippen LogP contribution in [0.1, 0.15) is 59.6 Å². The number of aromatic nitrogens is 2. The molecule has 5 rings (SSSR count). The molecule has 0 bridgehead atoms. The van der Waals surface area contributed by atoms with Gasteiger partial charge in [-0.2, -0.15) is 5.26 Å². The third-order valence-corrected chi connectivity index (χ3v) is 7.17. The standard InChI is InChI=1S/C26H25F2N5O3/c27-20-8-16(12-29)7-18(9-20)22-5-6-36-33(22)26(35)17-3-1-15(2-4-17)13-32-14-31-24-21(28)10-19(25(30)34)11-23(24)32/h7-11,14-15,17,22H,1-6,13H2,(H2,30,34)/t15?,17?,22-/m0/s1. The van der Waals surface area contributed by atoms with Gasteiger partial charge in [-0.25, -0.2) is 18.8 Å². The van der Waals surface area contributed by atoms with E-state index in [0.717, 1.165) is 18.9 Å². The van der Waals surface area contributed by atoms with Crippen LogP contribution in [-0.4, -0.2) is 33.0 Å². The first-order chi connectivity index (χ1) is 17.3. The molecule has 1 aliphatic carbocycles. The second-order valence-electron chi connectivity index (χ2n) is 9.49. The van der Waals surface area contributed by atoms with Crippen molar-refractivity contribution in [2.24, 2.45) is 17.6 Å². The average molecular weight is 494 g/mol. The number of nitrogens with zero attached hydrogens (tertiary/aromatic N) is 4. The fourth-order valence-corrected chi connectivity index (χ4v) is 5.32. The summed E-state index contributed by atoms with van der Waals surface area (Å²) < 4.78 is 30.1. The maximum Gasteiger partial charge on any atom is 0.249 e. The molecule has 2 aliphatic rings. The molecule has 186 valence electrons. The van der Waals surface area contributed by atoms with Crippen molar-refractivity contribution in [3.8, 4) is 6.07 Å². The molecule has 0 radical (unpaired) electrons. The lowest BCUT2D eigenvalue weighted by Gasteiger charge is -2.32. The predicted octanol–water partition coefficient (Wildman–Crippen LogP) is 4.00. The van der Waals surface area contributed by atoms with E-state index in [1.165, 1.54) is 17.2 Å². The van der Waals surface area contributed by atoms with E-state index < -0.39 is 23.6 Å². The van der Waals surface area contributed by atoms with Crippen molar-refractivity contribution in [3.63, 3.8) is 0 Å². The molecule has 8 nitrogen and oxygen atoms in total. The Morgan fingerprint density at radius 2 is 1.89 bits per heavy atom. The van der Waals surface area contributed by atoms with Gasteiger partial charge < -0.3 is 10.3 Å². The molecule has 2 fully saturated rings. The predicted molar refractivity (Wildman–Crippen MR) is 125 cm³/mol. The third kappa shape index (κ3) is 4.54. The molecule has 1 aromatic heterocycles. The zero-order valence-corrected chi connectivity index (χ0v) is 19.5. The highest BCUT2D eigenvalue weighted by atomic mass is 19.1. The van der Waals surface area contributed by atoms with E-state index in [1.54, 1.807) is 18.5 Å². The minimum absolute atomic E-state index is 0.0939. The number of carbonyl (C=O) groups excluding carboxylic acids is 2. The summed E-state index contributed by atoms with van der Waals surface area (Å²) in [6, 6.07) is 8.28. The number of hydrogen-bond acceptors (Lipinski definition) is 5. The molecule has 2 N–H and O–H groups in total. The number of hydroxylamine groups is 2. The summed E-state index contributed by atoms with van der Waals surface area (Å²) in [5.74, 6) is -1.90. The van der Waals surface area contributed by atoms with Crippen LogP contribution in [0.2, 0.25) is 0 Å². The summed E-state index contributed by atoms with van der Waals surface area (Å²) >= 11 is 0. The first kappa shape index (κ1) is 23.9. The van der Waals surface area contributed by atoms with Gasteiger partial charge in [0, 0.05) is 24.4 Å². The van der Waals surface area contributed by atoms with Crippen LogP contribution in [0.3, 0.4) is 0 Å². The van der Waals surface area contributed by atoms with E-state index in [1.807, 2.05) is 10.6 Å². The van der Waals surface area contributed by atoms with Crippen LogP contribution in [0.25, 0.3) is 11.0 Å². The Bertz CT molecular complexity index is 1370. The molecule has 1 saturated heterocycles. The van der Waals surface area contributed by atoms with Crippen LogP contribution in [0.5, 0.6) is 0 Å². The molecule has 1 saturated carbocycles. The molecule has 36 heavy (non-hydrogen) atoms. The quantitative estimate of drug-likeness (QED) is 0.577. The smallest absolute Gasteiger partial charge is 0.249 e. The number of rotatable bonds is 5. The van der Waals surface area contributed by atoms with Crippen molar-refractivity contribution in [1.29, 1.82) is 5.26 Å². The molecule has 2 amide bonds. The lowest BCUT2D eigenvalue weighted by atomic mass is 9.81. The van der Waals surface area contributed by atoms with Gasteiger partial charge in [-0.05, 0) is 67.5 Å². The van der Waals surface area contributed by atoms with E-state index >= 15 is 0 Å². The maximum absolute atomic E-state index is 14.3. The number of carbonyl (C=O) groups is 2. The number of primary amides is 1. The topological polar surface area (TPSA) is 114 Å². The summed E-state index contributed by atoms with van der Waals surface area (Å²) in [4.78, 5) is 34.6. The van der Waals surface area contributed by atoms with Crippen molar-refractivity contribution in [2.75, 3.05) is 6.61 Å². The van der Waals surface area contributed by atoms with Crippen molar-refractivity contribution in [3.05, 3.63) is 65.0 Å². The highest BCUT2D eigenvalue weighted by Gasteiger charge is 2.37. The van der Waals surface area contributed by atoms with Crippen molar-refractivity contribution in [2.45, 2.75) is 44.7 Å². The van der Waals surface area contributed by atoms with Gasteiger partial charge in [0.05, 0.1) is 36.1 Å². The highest BCUT2D eigenvalue weighted by Crippen LogP contribution is 2.37. The Hall–Kier alpha value is -3.84. The van der Waals surface area contributed by atoms with E-state index in [-0.39, 0.29) is 34.4 Å². The van der Waals surface area contributed by atoms with Crippen LogP contribution in [-0.2, 0) is 16.2 Å². The molecule has 0 unspecified atom stereocenters. The Balaban J connectivity index is 1.25. The van der Waals surface area contributed by atoms with E-state index in [0.29, 0.717) is 43.5 Å². The normalized spacial score (nSPS) is 22.0. The van der Waals surface area contributed by atoms with Crippen molar-refractivity contribution < 1.29 is 23.2 Å². The van der Waals surface area contributed by atoms with Crippen LogP contribution >= 0.6 is 0 Å². The minimum Gasteiger partial charge on any atom is -0.366 e. The number of hydrogen-bond donors (Lipinski definition) is 1. The molecule has 2 aromatic carbocycles. The van der Waals surface area contributed by atoms with Gasteiger partial charge in [0.15, 0.2) is 5.82 Å². The molecule has 3 aromatic rings. The van der Waals surface area contributed by atoms with Gasteiger partial charge in [-0.3, -0.25) is 14.4 Å². The lowest BCUT2D eigenvalue weighted by molar-refractivity contribution is -0.183. The number of imidazole rings is 1. The van der Waals surface area contributed by atoms with Crippen LogP contribution in [0.4, 0.5) is 8.78 Å². The third-order valence-electron chi connectivity index (χ3n) is 7.17. The fourth-order valence-electron chi connectivity index (χ4n) is 5.32. The summed E-state index contributed by atoms with van der Waals surface area (Å²) in [6.45, 7) is 0.934. The zero-order valence-electron chi connectivity index (χ0n) is 19.5. The Kier molecular flexibility index (Phi) is 6.41. The fraction of sp³-hybridized carbons (Fsp3) is 0.385. The molecular formula is C26H25F2N5O3. The molecular weight excluding hydrogens is 468 g/mol. The molecule has 0 spiro atoms. The second-order valence-corrected chi connectivity index (χ2v) is 9.49. The summed E-state index contributed by atoms with van der Waals surface area (Å²) in [5.41, 5.74) is 6.89. The monoisotopic (exact) mass is 493 g/mol. The zero-order chi connectivity index (χ0) is 25.4.